The second-order valence-corrected chi connectivity index (χ2v) is 10.8. The zero-order valence-corrected chi connectivity index (χ0v) is 19.5. The summed E-state index contributed by atoms with van der Waals surface area (Å²) in [5.74, 6) is 0. The Labute approximate surface area is 176 Å². The monoisotopic (exact) mass is 566 g/mol. The van der Waals surface area contributed by atoms with Crippen molar-refractivity contribution in [1.29, 1.82) is 0 Å². The van der Waals surface area contributed by atoms with Crippen molar-refractivity contribution in [2.45, 2.75) is 0 Å². The molecule has 0 spiro atoms. The normalized spacial score (nSPS) is 10.4. The topological polar surface area (TPSA) is 0 Å². The number of rotatable bonds is 2. The fourth-order valence-corrected chi connectivity index (χ4v) is 6.98. The molecule has 0 unspecified atom stereocenters. The lowest BCUT2D eigenvalue weighted by Crippen LogP contribution is -1.57. The fraction of sp³-hybridized carbons (Fsp3) is 0. The van der Waals surface area contributed by atoms with E-state index in [2.05, 4.69) is 99.6 Å². The Bertz CT molecular complexity index is 833. The zero-order chi connectivity index (χ0) is 16.2. The van der Waals surface area contributed by atoms with E-state index in [1.807, 2.05) is 0 Å². The molecule has 0 saturated heterocycles. The van der Waals surface area contributed by atoms with E-state index in [0.29, 0.717) is 0 Å². The molecule has 4 aromatic heterocycles. The predicted molar refractivity (Wildman–Crippen MR) is 118 cm³/mol. The van der Waals surface area contributed by atoms with Crippen LogP contribution in [0.25, 0.3) is 19.5 Å². The van der Waals surface area contributed by atoms with E-state index in [-0.39, 0.29) is 0 Å². The van der Waals surface area contributed by atoms with Gasteiger partial charge in [-0.3, -0.25) is 0 Å². The molecule has 0 radical (unpaired) electrons. The predicted octanol–water partition coefficient (Wildman–Crippen LogP) is 9.24. The average Bonchev–Trinajstić information content (AvgIpc) is 3.26. The lowest BCUT2D eigenvalue weighted by atomic mass is 10.4. The third-order valence-electron chi connectivity index (χ3n) is 2.71. The van der Waals surface area contributed by atoms with Gasteiger partial charge in [-0.15, -0.1) is 45.3 Å². The minimum atomic E-state index is 1.16. The van der Waals surface area contributed by atoms with E-state index in [0.717, 1.165) is 8.95 Å². The SMILES string of the molecule is Brc1csc(-c2cc(Br)cs2)c1.Brc1csc(-c2cccs2)c1. The minimum absolute atomic E-state index is 1.16. The maximum absolute atomic E-state index is 3.44. The number of hydrogen-bond acceptors (Lipinski definition) is 4. The first-order chi connectivity index (χ1) is 11.1. The standard InChI is InChI=1S/C8H4Br2S2.C8H5BrS2/c9-5-1-7(11-3-5)8-2-6(10)4-12-8;9-6-4-8(11-5-6)7-2-1-3-10-7/h1-4H;1-5H. The molecule has 4 rings (SSSR count). The van der Waals surface area contributed by atoms with Gasteiger partial charge in [-0.2, -0.15) is 0 Å². The van der Waals surface area contributed by atoms with Crippen LogP contribution >= 0.6 is 93.1 Å². The van der Waals surface area contributed by atoms with Crippen molar-refractivity contribution in [3.05, 3.63) is 65.3 Å². The quantitative estimate of drug-likeness (QED) is 0.226. The molecule has 0 bridgehead atoms. The lowest BCUT2D eigenvalue weighted by molar-refractivity contribution is 1.84. The molecule has 0 N–H and O–H groups in total. The number of thiophene rings is 4. The summed E-state index contributed by atoms with van der Waals surface area (Å²) in [6.45, 7) is 0. The Kier molecular flexibility index (Phi) is 6.71. The van der Waals surface area contributed by atoms with Crippen LogP contribution in [-0.2, 0) is 0 Å². The fourth-order valence-electron chi connectivity index (χ4n) is 1.75. The molecule has 0 atom stereocenters. The smallest absolute Gasteiger partial charge is 0.0454 e. The summed E-state index contributed by atoms with van der Waals surface area (Å²) in [5, 5.41) is 8.41. The molecule has 0 fully saturated rings. The summed E-state index contributed by atoms with van der Waals surface area (Å²) in [6, 6.07) is 10.7. The van der Waals surface area contributed by atoms with Crippen LogP contribution in [0.5, 0.6) is 0 Å². The Balaban J connectivity index is 0.000000136. The second-order valence-electron chi connectivity index (χ2n) is 4.36. The van der Waals surface area contributed by atoms with E-state index in [1.54, 1.807) is 45.3 Å². The molecule has 0 aliphatic heterocycles. The average molecular weight is 569 g/mol. The molecular weight excluding hydrogens is 560 g/mol. The summed E-state index contributed by atoms with van der Waals surface area (Å²) in [6.07, 6.45) is 0. The van der Waals surface area contributed by atoms with Gasteiger partial charge in [0.15, 0.2) is 0 Å². The van der Waals surface area contributed by atoms with E-state index in [4.69, 9.17) is 0 Å². The van der Waals surface area contributed by atoms with Crippen LogP contribution < -0.4 is 0 Å². The van der Waals surface area contributed by atoms with Crippen molar-refractivity contribution in [3.63, 3.8) is 0 Å². The molecular formula is C16H9Br3S4. The van der Waals surface area contributed by atoms with Crippen LogP contribution in [0.3, 0.4) is 0 Å². The van der Waals surface area contributed by atoms with Crippen LogP contribution in [0, 0.1) is 0 Å². The first kappa shape index (κ1) is 18.0. The highest BCUT2D eigenvalue weighted by molar-refractivity contribution is 9.11. The molecule has 4 aromatic rings. The number of halogens is 3. The van der Waals surface area contributed by atoms with Gasteiger partial charge in [-0.25, -0.2) is 0 Å². The van der Waals surface area contributed by atoms with Crippen molar-refractivity contribution in [2.75, 3.05) is 0 Å². The first-order valence-electron chi connectivity index (χ1n) is 6.38. The molecule has 0 aliphatic carbocycles. The van der Waals surface area contributed by atoms with E-state index in [1.165, 1.54) is 24.0 Å². The van der Waals surface area contributed by atoms with Gasteiger partial charge in [0.25, 0.3) is 0 Å². The Hall–Kier alpha value is 0.240. The van der Waals surface area contributed by atoms with Crippen LogP contribution in [-0.4, -0.2) is 0 Å². The van der Waals surface area contributed by atoms with Gasteiger partial charge in [-0.1, -0.05) is 6.07 Å². The highest BCUT2D eigenvalue weighted by Gasteiger charge is 2.03. The van der Waals surface area contributed by atoms with Gasteiger partial charge in [0.2, 0.25) is 0 Å². The van der Waals surface area contributed by atoms with Gasteiger partial charge >= 0.3 is 0 Å². The maximum atomic E-state index is 3.44. The van der Waals surface area contributed by atoms with Crippen molar-refractivity contribution in [1.82, 2.24) is 0 Å². The van der Waals surface area contributed by atoms with Crippen LogP contribution in [0.4, 0.5) is 0 Å². The third kappa shape index (κ3) is 5.11. The molecule has 4 heterocycles. The highest BCUT2D eigenvalue weighted by atomic mass is 79.9. The summed E-state index contributed by atoms with van der Waals surface area (Å²) in [5.41, 5.74) is 0. The summed E-state index contributed by atoms with van der Waals surface area (Å²) in [4.78, 5) is 5.32. The number of hydrogen-bond donors (Lipinski definition) is 0. The Morgan fingerprint density at radius 2 is 1.00 bits per heavy atom. The molecule has 0 aromatic carbocycles. The van der Waals surface area contributed by atoms with Crippen molar-refractivity contribution < 1.29 is 0 Å². The lowest BCUT2D eigenvalue weighted by Gasteiger charge is -1.85. The largest absolute Gasteiger partial charge is 0.143 e. The summed E-state index contributed by atoms with van der Waals surface area (Å²) >= 11 is 17.4. The molecule has 0 amide bonds. The van der Waals surface area contributed by atoms with Crippen molar-refractivity contribution in [2.24, 2.45) is 0 Å². The van der Waals surface area contributed by atoms with Crippen LogP contribution in [0.1, 0.15) is 0 Å². The molecule has 0 nitrogen and oxygen atoms in total. The van der Waals surface area contributed by atoms with Gasteiger partial charge in [-0.05, 0) is 77.4 Å². The Morgan fingerprint density at radius 3 is 1.30 bits per heavy atom. The van der Waals surface area contributed by atoms with Gasteiger partial charge in [0, 0.05) is 49.1 Å². The summed E-state index contributed by atoms with van der Waals surface area (Å²) in [7, 11) is 0. The highest BCUT2D eigenvalue weighted by Crippen LogP contribution is 2.35. The van der Waals surface area contributed by atoms with Gasteiger partial charge in [0.05, 0.1) is 0 Å². The molecule has 7 heteroatoms. The van der Waals surface area contributed by atoms with Crippen molar-refractivity contribution >= 4 is 93.1 Å². The van der Waals surface area contributed by atoms with Crippen LogP contribution in [0.2, 0.25) is 0 Å². The second kappa shape index (κ2) is 8.56. The minimum Gasteiger partial charge on any atom is -0.143 e. The van der Waals surface area contributed by atoms with Gasteiger partial charge < -0.3 is 0 Å². The third-order valence-corrected chi connectivity index (χ3v) is 9.04. The summed E-state index contributed by atoms with van der Waals surface area (Å²) < 4.78 is 3.49. The van der Waals surface area contributed by atoms with Crippen LogP contribution in [0.15, 0.2) is 65.3 Å². The molecule has 0 aliphatic rings. The molecule has 0 saturated carbocycles. The van der Waals surface area contributed by atoms with E-state index >= 15 is 0 Å². The maximum Gasteiger partial charge on any atom is 0.0454 e. The van der Waals surface area contributed by atoms with Crippen molar-refractivity contribution in [3.8, 4) is 19.5 Å². The zero-order valence-electron chi connectivity index (χ0n) is 11.5. The van der Waals surface area contributed by atoms with E-state index in [9.17, 15) is 0 Å². The Morgan fingerprint density at radius 1 is 0.565 bits per heavy atom. The van der Waals surface area contributed by atoms with E-state index < -0.39 is 0 Å². The van der Waals surface area contributed by atoms with Gasteiger partial charge in [0.1, 0.15) is 0 Å². The molecule has 23 heavy (non-hydrogen) atoms. The first-order valence-corrected chi connectivity index (χ1v) is 12.3. The molecule has 118 valence electrons.